The highest BCUT2D eigenvalue weighted by Gasteiger charge is 2.10. The maximum Gasteiger partial charge on any atom is 0.255 e. The van der Waals surface area contributed by atoms with Crippen LogP contribution in [0.3, 0.4) is 0 Å². The van der Waals surface area contributed by atoms with Crippen LogP contribution in [0.4, 0.5) is 5.69 Å². The lowest BCUT2D eigenvalue weighted by Crippen LogP contribution is -2.12. The molecule has 102 valence electrons. The van der Waals surface area contributed by atoms with Gasteiger partial charge in [-0.15, -0.1) is 0 Å². The van der Waals surface area contributed by atoms with E-state index in [-0.39, 0.29) is 17.3 Å². The lowest BCUT2D eigenvalue weighted by molar-refractivity contribution is 0.102. The number of nitrogens with one attached hydrogen (secondary N) is 2. The molecular formula is C16H11N3O2. The number of amides is 1. The minimum absolute atomic E-state index is 0.0786. The Kier molecular flexibility index (Phi) is 3.05. The van der Waals surface area contributed by atoms with Crippen LogP contribution in [0.1, 0.15) is 15.9 Å². The summed E-state index contributed by atoms with van der Waals surface area (Å²) >= 11 is 0. The molecule has 0 aliphatic rings. The van der Waals surface area contributed by atoms with Crippen LogP contribution in [0.25, 0.3) is 10.9 Å². The average molecular weight is 277 g/mol. The summed E-state index contributed by atoms with van der Waals surface area (Å²) < 4.78 is 0. The van der Waals surface area contributed by atoms with Crippen LogP contribution >= 0.6 is 0 Å². The predicted molar refractivity (Wildman–Crippen MR) is 79.1 cm³/mol. The zero-order valence-electron chi connectivity index (χ0n) is 10.9. The van der Waals surface area contributed by atoms with Gasteiger partial charge in [-0.2, -0.15) is 5.26 Å². The van der Waals surface area contributed by atoms with Gasteiger partial charge in [0.2, 0.25) is 0 Å². The molecule has 0 unspecified atom stereocenters. The number of nitrogens with zero attached hydrogens (tertiary/aromatic N) is 1. The molecule has 5 nitrogen and oxygen atoms in total. The molecule has 0 radical (unpaired) electrons. The van der Waals surface area contributed by atoms with Crippen molar-refractivity contribution in [2.24, 2.45) is 0 Å². The summed E-state index contributed by atoms with van der Waals surface area (Å²) in [7, 11) is 0. The third-order valence-electron chi connectivity index (χ3n) is 3.19. The Morgan fingerprint density at radius 3 is 2.86 bits per heavy atom. The summed E-state index contributed by atoms with van der Waals surface area (Å²) in [6.07, 6.45) is 1.80. The quantitative estimate of drug-likeness (QED) is 0.629. The summed E-state index contributed by atoms with van der Waals surface area (Å²) in [4.78, 5) is 15.3. The number of carbonyl (C=O) groups is 1. The largest absolute Gasteiger partial charge is 0.506 e. The van der Waals surface area contributed by atoms with Gasteiger partial charge in [0.1, 0.15) is 5.75 Å². The summed E-state index contributed by atoms with van der Waals surface area (Å²) in [6, 6.07) is 13.4. The molecule has 1 aromatic heterocycles. The summed E-state index contributed by atoms with van der Waals surface area (Å²) in [5, 5.41) is 22.1. The van der Waals surface area contributed by atoms with Gasteiger partial charge in [-0.05, 0) is 42.5 Å². The molecule has 3 rings (SSSR count). The molecule has 0 aliphatic carbocycles. The number of hydrogen-bond donors (Lipinski definition) is 3. The molecule has 0 atom stereocenters. The molecule has 3 N–H and O–H groups in total. The number of hydrogen-bond acceptors (Lipinski definition) is 3. The standard InChI is InChI=1S/C16H11N3O2/c17-9-10-1-4-15(20)14(7-10)19-16(21)12-2-3-13-11(8-12)5-6-18-13/h1-8,18,20H,(H,19,21). The monoisotopic (exact) mass is 277 g/mol. The highest BCUT2D eigenvalue weighted by Crippen LogP contribution is 2.25. The van der Waals surface area contributed by atoms with E-state index in [0.29, 0.717) is 11.1 Å². The normalized spacial score (nSPS) is 10.2. The second kappa shape index (κ2) is 5.02. The molecule has 5 heteroatoms. The molecule has 0 aliphatic heterocycles. The van der Waals surface area contributed by atoms with Crippen molar-refractivity contribution in [1.29, 1.82) is 5.26 Å². The Morgan fingerprint density at radius 1 is 1.19 bits per heavy atom. The van der Waals surface area contributed by atoms with Crippen LogP contribution in [0, 0.1) is 11.3 Å². The highest BCUT2D eigenvalue weighted by atomic mass is 16.3. The Morgan fingerprint density at radius 2 is 2.05 bits per heavy atom. The molecule has 1 heterocycles. The van der Waals surface area contributed by atoms with Gasteiger partial charge in [0, 0.05) is 22.7 Å². The van der Waals surface area contributed by atoms with Crippen molar-refractivity contribution in [2.75, 3.05) is 5.32 Å². The molecule has 0 saturated heterocycles. The minimum atomic E-state index is -0.344. The number of aromatic nitrogens is 1. The molecule has 21 heavy (non-hydrogen) atoms. The fourth-order valence-corrected chi connectivity index (χ4v) is 2.09. The number of rotatable bonds is 2. The SMILES string of the molecule is N#Cc1ccc(O)c(NC(=O)c2ccc3[nH]ccc3c2)c1. The van der Waals surface area contributed by atoms with Gasteiger partial charge < -0.3 is 15.4 Å². The van der Waals surface area contributed by atoms with Gasteiger partial charge in [-0.3, -0.25) is 4.79 Å². The van der Waals surface area contributed by atoms with E-state index in [1.165, 1.54) is 18.2 Å². The van der Waals surface area contributed by atoms with Crippen LogP contribution < -0.4 is 5.32 Å². The van der Waals surface area contributed by atoms with Crippen molar-refractivity contribution in [3.8, 4) is 11.8 Å². The first-order valence-corrected chi connectivity index (χ1v) is 6.29. The third kappa shape index (κ3) is 2.42. The topological polar surface area (TPSA) is 88.9 Å². The molecule has 1 amide bonds. The van der Waals surface area contributed by atoms with E-state index in [2.05, 4.69) is 10.3 Å². The van der Waals surface area contributed by atoms with Crippen molar-refractivity contribution in [3.63, 3.8) is 0 Å². The molecule has 0 fully saturated rings. The van der Waals surface area contributed by atoms with Crippen molar-refractivity contribution >= 4 is 22.5 Å². The van der Waals surface area contributed by atoms with Crippen molar-refractivity contribution < 1.29 is 9.90 Å². The van der Waals surface area contributed by atoms with Crippen molar-refractivity contribution in [2.45, 2.75) is 0 Å². The second-order valence-electron chi connectivity index (χ2n) is 4.58. The number of anilines is 1. The van der Waals surface area contributed by atoms with E-state index in [0.717, 1.165) is 10.9 Å². The summed E-state index contributed by atoms with van der Waals surface area (Å²) in [6.45, 7) is 0. The fraction of sp³-hybridized carbons (Fsp3) is 0. The summed E-state index contributed by atoms with van der Waals surface area (Å²) in [5.74, 6) is -0.423. The van der Waals surface area contributed by atoms with Crippen LogP contribution in [-0.2, 0) is 0 Å². The molecule has 0 saturated carbocycles. The van der Waals surface area contributed by atoms with E-state index in [1.807, 2.05) is 18.2 Å². The number of benzene rings is 2. The Labute approximate surface area is 120 Å². The van der Waals surface area contributed by atoms with E-state index in [9.17, 15) is 9.90 Å². The number of nitriles is 1. The number of phenols is 1. The van der Waals surface area contributed by atoms with E-state index in [4.69, 9.17) is 5.26 Å². The average Bonchev–Trinajstić information content (AvgIpc) is 2.96. The smallest absolute Gasteiger partial charge is 0.255 e. The molecule has 2 aromatic carbocycles. The Bertz CT molecular complexity index is 875. The predicted octanol–water partition coefficient (Wildman–Crippen LogP) is 3.00. The molecule has 3 aromatic rings. The minimum Gasteiger partial charge on any atom is -0.506 e. The van der Waals surface area contributed by atoms with Crippen LogP contribution in [-0.4, -0.2) is 16.0 Å². The number of carbonyl (C=O) groups excluding carboxylic acids is 1. The molecular weight excluding hydrogens is 266 g/mol. The lowest BCUT2D eigenvalue weighted by atomic mass is 10.1. The molecule has 0 spiro atoms. The molecule has 0 bridgehead atoms. The van der Waals surface area contributed by atoms with Gasteiger partial charge >= 0.3 is 0 Å². The van der Waals surface area contributed by atoms with Gasteiger partial charge in [0.25, 0.3) is 5.91 Å². The number of phenolic OH excluding ortho intramolecular Hbond substituents is 1. The van der Waals surface area contributed by atoms with Crippen molar-refractivity contribution in [1.82, 2.24) is 4.98 Å². The van der Waals surface area contributed by atoms with Gasteiger partial charge in [-0.1, -0.05) is 0 Å². The number of aromatic amines is 1. The maximum absolute atomic E-state index is 12.2. The van der Waals surface area contributed by atoms with E-state index < -0.39 is 0 Å². The lowest BCUT2D eigenvalue weighted by Gasteiger charge is -2.07. The Hall–Kier alpha value is -3.26. The maximum atomic E-state index is 12.2. The third-order valence-corrected chi connectivity index (χ3v) is 3.19. The highest BCUT2D eigenvalue weighted by molar-refractivity contribution is 6.06. The number of aromatic hydroxyl groups is 1. The number of H-pyrrole nitrogens is 1. The van der Waals surface area contributed by atoms with Crippen LogP contribution in [0.5, 0.6) is 5.75 Å². The fourth-order valence-electron chi connectivity index (χ4n) is 2.09. The Balaban J connectivity index is 1.90. The zero-order valence-corrected chi connectivity index (χ0v) is 10.9. The van der Waals surface area contributed by atoms with Gasteiger partial charge in [-0.25, -0.2) is 0 Å². The first-order chi connectivity index (χ1) is 10.2. The summed E-state index contributed by atoms with van der Waals surface area (Å²) in [5.41, 5.74) is 2.00. The second-order valence-corrected chi connectivity index (χ2v) is 4.58. The van der Waals surface area contributed by atoms with Gasteiger partial charge in [0.15, 0.2) is 0 Å². The van der Waals surface area contributed by atoms with Gasteiger partial charge in [0.05, 0.1) is 17.3 Å². The first-order valence-electron chi connectivity index (χ1n) is 6.29. The van der Waals surface area contributed by atoms with Crippen LogP contribution in [0.2, 0.25) is 0 Å². The number of fused-ring (bicyclic) bond motifs is 1. The zero-order chi connectivity index (χ0) is 14.8. The van der Waals surface area contributed by atoms with Crippen molar-refractivity contribution in [3.05, 3.63) is 59.8 Å². The van der Waals surface area contributed by atoms with E-state index >= 15 is 0 Å². The first kappa shape index (κ1) is 12.8. The van der Waals surface area contributed by atoms with Crippen LogP contribution in [0.15, 0.2) is 48.7 Å². The van der Waals surface area contributed by atoms with E-state index in [1.54, 1.807) is 18.3 Å².